The SMILES string of the molecule is CCCC/C=C/CCCCCCCC(=O)OC[C@H](CO)OC(=O)CCCCCCC/C=C/CCCCCCC. The molecule has 0 saturated carbocycles. The first-order valence-corrected chi connectivity index (χ1v) is 16.4. The van der Waals surface area contributed by atoms with Gasteiger partial charge in [0.1, 0.15) is 6.61 Å². The van der Waals surface area contributed by atoms with Crippen molar-refractivity contribution < 1.29 is 24.2 Å². The molecule has 0 rings (SSSR count). The number of ether oxygens (including phenoxy) is 2. The number of allylic oxidation sites excluding steroid dienone is 4. The maximum atomic E-state index is 12.1. The third-order valence-corrected chi connectivity index (χ3v) is 6.97. The molecule has 1 N–H and O–H groups in total. The molecule has 0 unspecified atom stereocenters. The van der Waals surface area contributed by atoms with Crippen molar-refractivity contribution in [2.45, 2.75) is 168 Å². The van der Waals surface area contributed by atoms with Crippen LogP contribution in [0.3, 0.4) is 0 Å². The van der Waals surface area contributed by atoms with Gasteiger partial charge in [-0.25, -0.2) is 0 Å². The van der Waals surface area contributed by atoms with Crippen molar-refractivity contribution in [1.82, 2.24) is 0 Å². The molecule has 5 heteroatoms. The van der Waals surface area contributed by atoms with Gasteiger partial charge >= 0.3 is 11.9 Å². The molecular weight excluding hydrogens is 488 g/mol. The highest BCUT2D eigenvalue weighted by molar-refractivity contribution is 5.70. The van der Waals surface area contributed by atoms with Crippen molar-refractivity contribution in [2.75, 3.05) is 13.2 Å². The van der Waals surface area contributed by atoms with Gasteiger partial charge in [-0.15, -0.1) is 0 Å². The summed E-state index contributed by atoms with van der Waals surface area (Å²) in [6.07, 6.45) is 33.7. The molecule has 228 valence electrons. The third kappa shape index (κ3) is 29.2. The van der Waals surface area contributed by atoms with Gasteiger partial charge in [0.2, 0.25) is 0 Å². The molecule has 0 radical (unpaired) electrons. The number of aliphatic hydroxyl groups is 1. The molecule has 0 saturated heterocycles. The van der Waals surface area contributed by atoms with Crippen LogP contribution in [0.5, 0.6) is 0 Å². The summed E-state index contributed by atoms with van der Waals surface area (Å²) in [7, 11) is 0. The lowest BCUT2D eigenvalue weighted by molar-refractivity contribution is -0.161. The Balaban J connectivity index is 3.61. The van der Waals surface area contributed by atoms with Crippen LogP contribution in [0, 0.1) is 0 Å². The van der Waals surface area contributed by atoms with E-state index in [-0.39, 0.29) is 25.2 Å². The normalized spacial score (nSPS) is 12.4. The average molecular weight is 551 g/mol. The van der Waals surface area contributed by atoms with Gasteiger partial charge in [0, 0.05) is 12.8 Å². The Morgan fingerprint density at radius 3 is 1.46 bits per heavy atom. The minimum atomic E-state index is -0.773. The fraction of sp³-hybridized carbons (Fsp3) is 0.824. The van der Waals surface area contributed by atoms with Gasteiger partial charge in [-0.05, 0) is 57.8 Å². The van der Waals surface area contributed by atoms with E-state index in [0.717, 1.165) is 51.4 Å². The molecule has 0 bridgehead atoms. The second-order valence-corrected chi connectivity index (χ2v) is 10.9. The maximum Gasteiger partial charge on any atom is 0.306 e. The number of hydrogen-bond donors (Lipinski definition) is 1. The van der Waals surface area contributed by atoms with Gasteiger partial charge in [-0.3, -0.25) is 9.59 Å². The highest BCUT2D eigenvalue weighted by Crippen LogP contribution is 2.11. The molecule has 0 aromatic heterocycles. The standard InChI is InChI=1S/C34H62O5/c1-3-5-7-9-11-13-15-16-17-19-21-23-25-27-29-34(37)39-32(30-35)31-38-33(36)28-26-24-22-20-18-14-12-10-8-6-4-2/h10,12,15-16,32,35H,3-9,11,13-14,17-31H2,1-2H3/b12-10+,16-15+/t32-/m0/s1. The number of hydrogen-bond acceptors (Lipinski definition) is 5. The topological polar surface area (TPSA) is 72.8 Å². The van der Waals surface area contributed by atoms with E-state index >= 15 is 0 Å². The van der Waals surface area contributed by atoms with Crippen LogP contribution in [-0.4, -0.2) is 36.4 Å². The largest absolute Gasteiger partial charge is 0.462 e. The lowest BCUT2D eigenvalue weighted by atomic mass is 10.1. The highest BCUT2D eigenvalue weighted by Gasteiger charge is 2.16. The van der Waals surface area contributed by atoms with Crippen LogP contribution in [-0.2, 0) is 19.1 Å². The lowest BCUT2D eigenvalue weighted by Crippen LogP contribution is -2.28. The van der Waals surface area contributed by atoms with E-state index in [1.165, 1.54) is 83.5 Å². The van der Waals surface area contributed by atoms with E-state index in [4.69, 9.17) is 9.47 Å². The molecular formula is C34H62O5. The van der Waals surface area contributed by atoms with Crippen LogP contribution in [0.25, 0.3) is 0 Å². The third-order valence-electron chi connectivity index (χ3n) is 6.97. The number of carbonyl (C=O) groups excluding carboxylic acids is 2. The summed E-state index contributed by atoms with van der Waals surface area (Å²) in [5.74, 6) is -0.614. The molecule has 0 aliphatic carbocycles. The van der Waals surface area contributed by atoms with Crippen molar-refractivity contribution >= 4 is 11.9 Å². The second-order valence-electron chi connectivity index (χ2n) is 10.9. The van der Waals surface area contributed by atoms with E-state index in [1.807, 2.05) is 0 Å². The predicted octanol–water partition coefficient (Wildman–Crippen LogP) is 9.56. The van der Waals surface area contributed by atoms with Gasteiger partial charge in [-0.2, -0.15) is 0 Å². The van der Waals surface area contributed by atoms with E-state index in [1.54, 1.807) is 0 Å². The number of esters is 2. The first-order chi connectivity index (χ1) is 19.1. The molecule has 39 heavy (non-hydrogen) atoms. The molecule has 0 spiro atoms. The van der Waals surface area contributed by atoms with Gasteiger partial charge in [0.15, 0.2) is 6.10 Å². The van der Waals surface area contributed by atoms with Crippen molar-refractivity contribution in [2.24, 2.45) is 0 Å². The zero-order valence-corrected chi connectivity index (χ0v) is 25.6. The summed E-state index contributed by atoms with van der Waals surface area (Å²) in [5.41, 5.74) is 0. The number of aliphatic hydroxyl groups excluding tert-OH is 1. The summed E-state index contributed by atoms with van der Waals surface area (Å²) in [5, 5.41) is 9.48. The summed E-state index contributed by atoms with van der Waals surface area (Å²) < 4.78 is 10.5. The smallest absolute Gasteiger partial charge is 0.306 e. The molecule has 0 aliphatic heterocycles. The van der Waals surface area contributed by atoms with Crippen LogP contribution in [0.15, 0.2) is 24.3 Å². The zero-order chi connectivity index (χ0) is 28.7. The van der Waals surface area contributed by atoms with Crippen molar-refractivity contribution in [3.8, 4) is 0 Å². The predicted molar refractivity (Wildman–Crippen MR) is 164 cm³/mol. The van der Waals surface area contributed by atoms with Crippen molar-refractivity contribution in [1.29, 1.82) is 0 Å². The Morgan fingerprint density at radius 1 is 0.564 bits per heavy atom. The Hall–Kier alpha value is -1.62. The highest BCUT2D eigenvalue weighted by atomic mass is 16.6. The van der Waals surface area contributed by atoms with Crippen LogP contribution in [0.4, 0.5) is 0 Å². The van der Waals surface area contributed by atoms with Gasteiger partial charge in [0.05, 0.1) is 6.61 Å². The first kappa shape index (κ1) is 37.4. The van der Waals surface area contributed by atoms with Gasteiger partial charge in [-0.1, -0.05) is 115 Å². The number of unbranched alkanes of at least 4 members (excludes halogenated alkanes) is 17. The maximum absolute atomic E-state index is 12.1. The van der Waals surface area contributed by atoms with E-state index in [2.05, 4.69) is 38.2 Å². The minimum absolute atomic E-state index is 0.0717. The van der Waals surface area contributed by atoms with Crippen LogP contribution in [0.1, 0.15) is 162 Å². The van der Waals surface area contributed by atoms with Gasteiger partial charge in [0.25, 0.3) is 0 Å². The first-order valence-electron chi connectivity index (χ1n) is 16.4. The fourth-order valence-corrected chi connectivity index (χ4v) is 4.41. The molecule has 0 aromatic carbocycles. The van der Waals surface area contributed by atoms with Crippen molar-refractivity contribution in [3.63, 3.8) is 0 Å². The molecule has 0 aliphatic rings. The van der Waals surface area contributed by atoms with Crippen molar-refractivity contribution in [3.05, 3.63) is 24.3 Å². The summed E-state index contributed by atoms with van der Waals surface area (Å²) in [6, 6.07) is 0. The Kier molecular flexibility index (Phi) is 29.6. The Labute approximate surface area is 241 Å². The second kappa shape index (κ2) is 30.9. The van der Waals surface area contributed by atoms with Crippen LogP contribution in [0.2, 0.25) is 0 Å². The fourth-order valence-electron chi connectivity index (χ4n) is 4.41. The molecule has 5 nitrogen and oxygen atoms in total. The van der Waals surface area contributed by atoms with Crippen LogP contribution < -0.4 is 0 Å². The molecule has 0 aromatic rings. The Bertz CT molecular complexity index is 598. The van der Waals surface area contributed by atoms with E-state index < -0.39 is 6.10 Å². The van der Waals surface area contributed by atoms with Gasteiger partial charge < -0.3 is 14.6 Å². The average Bonchev–Trinajstić information content (AvgIpc) is 2.94. The number of carbonyl (C=O) groups is 2. The molecule has 0 amide bonds. The summed E-state index contributed by atoms with van der Waals surface area (Å²) in [4.78, 5) is 24.0. The Morgan fingerprint density at radius 2 is 0.974 bits per heavy atom. The quantitative estimate of drug-likeness (QED) is 0.0570. The minimum Gasteiger partial charge on any atom is -0.462 e. The lowest BCUT2D eigenvalue weighted by Gasteiger charge is -2.15. The van der Waals surface area contributed by atoms with E-state index in [9.17, 15) is 14.7 Å². The monoisotopic (exact) mass is 550 g/mol. The number of rotatable bonds is 29. The summed E-state index contributed by atoms with van der Waals surface area (Å²) in [6.45, 7) is 4.05. The molecule has 0 heterocycles. The summed E-state index contributed by atoms with van der Waals surface area (Å²) >= 11 is 0. The van der Waals surface area contributed by atoms with Crippen LogP contribution >= 0.6 is 0 Å². The van der Waals surface area contributed by atoms with E-state index in [0.29, 0.717) is 12.8 Å². The molecule has 0 fully saturated rings. The molecule has 1 atom stereocenters. The zero-order valence-electron chi connectivity index (χ0n) is 25.6.